The molecule has 0 heterocycles. The molecule has 0 atom stereocenters. The molecule has 0 aliphatic carbocycles. The molecule has 13 heavy (non-hydrogen) atoms. The second kappa shape index (κ2) is 3.35. The van der Waals surface area contributed by atoms with Crippen LogP contribution in [0.15, 0.2) is 12.4 Å². The van der Waals surface area contributed by atoms with E-state index in [-0.39, 0.29) is 0 Å². The van der Waals surface area contributed by atoms with Gasteiger partial charge in [0.25, 0.3) is 0 Å². The highest BCUT2D eigenvalue weighted by atomic mass is 19.4. The summed E-state index contributed by atoms with van der Waals surface area (Å²) in [5, 5.41) is 0. The van der Waals surface area contributed by atoms with Crippen molar-refractivity contribution in [1.82, 2.24) is 0 Å². The maximum absolute atomic E-state index is 13.0. The van der Waals surface area contributed by atoms with Gasteiger partial charge in [-0.05, 0) is 13.7 Å². The van der Waals surface area contributed by atoms with Gasteiger partial charge in [0.15, 0.2) is 0 Å². The Morgan fingerprint density at radius 2 is 2.08 bits per heavy atom. The van der Waals surface area contributed by atoms with Crippen molar-refractivity contribution in [3.63, 3.8) is 0 Å². The lowest BCUT2D eigenvalue weighted by atomic mass is 10.1. The molecule has 0 aliphatic heterocycles. The normalized spacial score (nSPS) is 23.1. The zero-order valence-corrected chi connectivity index (χ0v) is 5.83. The number of hydrogen-bond donors (Lipinski definition) is 0. The number of hydrogen-bond acceptors (Lipinski definition) is 2. The van der Waals surface area contributed by atoms with E-state index in [1.54, 1.807) is 0 Å². The topological polar surface area (TPSA) is 26.3 Å². The number of alkyl halides is 3. The first-order valence-corrected chi connectivity index (χ1v) is 2.62. The summed E-state index contributed by atoms with van der Waals surface area (Å²) in [7, 11) is 0. The van der Waals surface area contributed by atoms with Crippen molar-refractivity contribution in [3.05, 3.63) is 12.4 Å². The van der Waals surface area contributed by atoms with Crippen LogP contribution in [0.5, 0.6) is 0 Å². The molecule has 0 aromatic heterocycles. The maximum atomic E-state index is 13.0. The van der Waals surface area contributed by atoms with Gasteiger partial charge < -0.3 is 4.74 Å². The molecule has 0 rings (SSSR count). The van der Waals surface area contributed by atoms with Crippen LogP contribution in [0.4, 0.5) is 17.6 Å². The Labute approximate surface area is 83.4 Å². The highest BCUT2D eigenvalue weighted by Crippen LogP contribution is 2.33. The number of carbonyl (C=O) groups is 1. The van der Waals surface area contributed by atoms with E-state index < -0.39 is 43.8 Å². The van der Waals surface area contributed by atoms with Crippen LogP contribution in [0.2, 0.25) is 0 Å². The standard InChI is InChI=1S/C7H8F4O2/c1-4(8)5(12)13-6(2,3)7(9,10)11/h1H2,2-3H3/i1D2,2D3,3D3. The Hall–Kier alpha value is -1.07. The van der Waals surface area contributed by atoms with Gasteiger partial charge in [-0.2, -0.15) is 17.6 Å². The molecule has 0 aromatic rings. The predicted molar refractivity (Wildman–Crippen MR) is 36.5 cm³/mol. The van der Waals surface area contributed by atoms with Gasteiger partial charge in [0, 0.05) is 8.22 Å². The third-order valence-corrected chi connectivity index (χ3v) is 0.824. The molecular weight excluding hydrogens is 192 g/mol. The zero-order valence-electron chi connectivity index (χ0n) is 13.8. The fraction of sp³-hybridized carbons (Fsp3) is 0.571. The van der Waals surface area contributed by atoms with Gasteiger partial charge in [-0.3, -0.25) is 0 Å². The highest BCUT2D eigenvalue weighted by Gasteiger charge is 2.51. The van der Waals surface area contributed by atoms with E-state index in [0.717, 1.165) is 0 Å². The Kier molecular flexibility index (Phi) is 1.03. The van der Waals surface area contributed by atoms with E-state index in [1.165, 1.54) is 0 Å². The van der Waals surface area contributed by atoms with Gasteiger partial charge in [-0.25, -0.2) is 4.79 Å². The summed E-state index contributed by atoms with van der Waals surface area (Å²) in [6, 6.07) is 0. The van der Waals surface area contributed by atoms with Crippen molar-refractivity contribution >= 4 is 5.97 Å². The van der Waals surface area contributed by atoms with Gasteiger partial charge in [0.1, 0.15) is 0 Å². The highest BCUT2D eigenvalue weighted by molar-refractivity contribution is 5.85. The predicted octanol–water partition coefficient (Wildman–Crippen LogP) is 2.35. The fourth-order valence-corrected chi connectivity index (χ4v) is 0.242. The summed E-state index contributed by atoms with van der Waals surface area (Å²) in [5.74, 6) is -5.14. The molecule has 0 fully saturated rings. The molecular formula is C7H8F4O2. The number of ether oxygens (including phenoxy) is 1. The largest absolute Gasteiger partial charge is 0.445 e. The minimum Gasteiger partial charge on any atom is -0.445 e. The minimum absolute atomic E-state index is 1.90. The number of carbonyl (C=O) groups excluding carboxylic acids is 1. The Morgan fingerprint density at radius 3 is 2.38 bits per heavy atom. The smallest absolute Gasteiger partial charge is 0.427 e. The first-order chi connectivity index (χ1) is 8.99. The number of halogens is 4. The van der Waals surface area contributed by atoms with Crippen LogP contribution in [0, 0.1) is 0 Å². The molecule has 0 radical (unpaired) electrons. The van der Waals surface area contributed by atoms with E-state index >= 15 is 0 Å². The van der Waals surface area contributed by atoms with Crippen molar-refractivity contribution in [3.8, 4) is 0 Å². The van der Waals surface area contributed by atoms with Gasteiger partial charge in [0.2, 0.25) is 11.4 Å². The maximum Gasteiger partial charge on any atom is 0.427 e. The van der Waals surface area contributed by atoms with Crippen LogP contribution in [-0.4, -0.2) is 17.7 Å². The number of esters is 1. The van der Waals surface area contributed by atoms with Crippen molar-refractivity contribution in [2.45, 2.75) is 25.5 Å². The molecule has 0 amide bonds. The Bertz CT molecular complexity index is 409. The Balaban J connectivity index is 6.22. The summed E-state index contributed by atoms with van der Waals surface area (Å²) in [6.07, 6.45) is -6.09. The lowest BCUT2D eigenvalue weighted by molar-refractivity contribution is -0.256. The van der Waals surface area contributed by atoms with Crippen LogP contribution in [0.1, 0.15) is 24.7 Å². The van der Waals surface area contributed by atoms with Crippen molar-refractivity contribution < 1.29 is 38.1 Å². The van der Waals surface area contributed by atoms with Gasteiger partial charge in [0.05, 0.1) is 2.74 Å². The molecule has 0 unspecified atom stereocenters. The molecule has 0 aliphatic rings. The molecule has 0 bridgehead atoms. The summed E-state index contributed by atoms with van der Waals surface area (Å²) < 4.78 is 108. The number of rotatable bonds is 2. The van der Waals surface area contributed by atoms with E-state index in [1.807, 2.05) is 0 Å². The summed E-state index contributed by atoms with van der Waals surface area (Å²) in [4.78, 5) is 11.0. The Morgan fingerprint density at radius 1 is 1.54 bits per heavy atom. The minimum atomic E-state index is -6.09. The van der Waals surface area contributed by atoms with Gasteiger partial charge >= 0.3 is 12.1 Å². The summed E-state index contributed by atoms with van der Waals surface area (Å²) in [6.45, 7) is -10.7. The second-order valence-corrected chi connectivity index (χ2v) is 1.88. The van der Waals surface area contributed by atoms with Crippen LogP contribution in [0.25, 0.3) is 0 Å². The van der Waals surface area contributed by atoms with Crippen LogP contribution in [-0.2, 0) is 9.53 Å². The van der Waals surface area contributed by atoms with Crippen LogP contribution in [0.3, 0.4) is 0 Å². The summed E-state index contributed by atoms with van der Waals surface area (Å²) >= 11 is 0. The quantitative estimate of drug-likeness (QED) is 0.395. The SMILES string of the molecule is [2H]C([2H])=C(F)C(=O)OC(C([2H])([2H])[2H])(C([2H])([2H])[2H])C(F)(F)F. The molecule has 6 heteroatoms. The lowest BCUT2D eigenvalue weighted by Crippen LogP contribution is -2.43. The monoisotopic (exact) mass is 208 g/mol. The van der Waals surface area contributed by atoms with E-state index in [2.05, 4.69) is 4.74 Å². The molecule has 0 spiro atoms. The summed E-state index contributed by atoms with van der Waals surface area (Å²) in [5.41, 5.74) is -4.99. The lowest BCUT2D eigenvalue weighted by Gasteiger charge is -2.26. The van der Waals surface area contributed by atoms with E-state index in [9.17, 15) is 22.4 Å². The molecule has 2 nitrogen and oxygen atoms in total. The van der Waals surface area contributed by atoms with E-state index in [0.29, 0.717) is 0 Å². The van der Waals surface area contributed by atoms with Gasteiger partial charge in [-0.1, -0.05) is 6.53 Å². The van der Waals surface area contributed by atoms with Crippen LogP contribution >= 0.6 is 0 Å². The average molecular weight is 208 g/mol. The van der Waals surface area contributed by atoms with Crippen molar-refractivity contribution in [1.29, 1.82) is 0 Å². The molecule has 76 valence electrons. The third-order valence-electron chi connectivity index (χ3n) is 0.824. The second-order valence-electron chi connectivity index (χ2n) is 1.88. The van der Waals surface area contributed by atoms with Gasteiger partial charge in [-0.15, -0.1) is 0 Å². The molecule has 0 saturated heterocycles. The third kappa shape index (κ3) is 3.04. The van der Waals surface area contributed by atoms with Crippen LogP contribution < -0.4 is 0 Å². The van der Waals surface area contributed by atoms with Crippen molar-refractivity contribution in [2.75, 3.05) is 0 Å². The zero-order chi connectivity index (χ0) is 17.4. The molecule has 0 N–H and O–H groups in total. The average Bonchev–Trinajstić information content (AvgIpc) is 2.18. The van der Waals surface area contributed by atoms with Crippen molar-refractivity contribution in [2.24, 2.45) is 0 Å². The fourth-order valence-electron chi connectivity index (χ4n) is 0.242. The molecule has 0 aromatic carbocycles. The molecule has 0 saturated carbocycles. The van der Waals surface area contributed by atoms with E-state index in [4.69, 9.17) is 11.0 Å². The first-order valence-electron chi connectivity index (χ1n) is 6.62. The first kappa shape index (κ1) is 3.98.